The topological polar surface area (TPSA) is 114 Å². The third-order valence-electron chi connectivity index (χ3n) is 4.41. The number of amidine groups is 1. The van der Waals surface area contributed by atoms with E-state index in [9.17, 15) is 4.79 Å². The number of aromatic nitrogens is 2. The first-order valence-corrected chi connectivity index (χ1v) is 8.76. The molecule has 1 saturated heterocycles. The molecule has 150 valence electrons. The number of nitrogens with two attached hydrogens (primary N) is 1. The van der Waals surface area contributed by atoms with E-state index >= 15 is 0 Å². The third kappa shape index (κ3) is 5.26. The van der Waals surface area contributed by atoms with Gasteiger partial charge in [0.15, 0.2) is 0 Å². The fourth-order valence-electron chi connectivity index (χ4n) is 2.90. The normalized spacial score (nSPS) is 13.5. The second kappa shape index (κ2) is 9.80. The van der Waals surface area contributed by atoms with Crippen molar-refractivity contribution in [2.75, 3.05) is 31.2 Å². The van der Waals surface area contributed by atoms with Crippen molar-refractivity contribution < 1.29 is 14.3 Å². The predicted molar refractivity (Wildman–Crippen MR) is 108 cm³/mol. The summed E-state index contributed by atoms with van der Waals surface area (Å²) < 4.78 is 10.6. The summed E-state index contributed by atoms with van der Waals surface area (Å²) in [4.78, 5) is 22.7. The fourth-order valence-corrected chi connectivity index (χ4v) is 2.90. The maximum atomic E-state index is 11.6. The Hall–Kier alpha value is -3.00. The van der Waals surface area contributed by atoms with Crippen LogP contribution in [0.25, 0.3) is 11.1 Å². The number of carbonyl (C=O) groups is 1. The molecule has 1 aromatic heterocycles. The van der Waals surface area contributed by atoms with Crippen LogP contribution >= 0.6 is 0 Å². The molecule has 1 aliphatic heterocycles. The Morgan fingerprint density at radius 2 is 1.96 bits per heavy atom. The SMILES string of the molecule is C.Cc1c(COC(=O)CC(=N)N)cccc1-c1cnc(N2CCOCC2)nc1. The van der Waals surface area contributed by atoms with Gasteiger partial charge in [-0.05, 0) is 23.6 Å². The van der Waals surface area contributed by atoms with Gasteiger partial charge in [0.25, 0.3) is 0 Å². The number of hydrogen-bond acceptors (Lipinski definition) is 7. The van der Waals surface area contributed by atoms with Gasteiger partial charge in [-0.3, -0.25) is 10.2 Å². The van der Waals surface area contributed by atoms with E-state index in [4.69, 9.17) is 20.6 Å². The first-order chi connectivity index (χ1) is 13.0. The van der Waals surface area contributed by atoms with E-state index in [1.165, 1.54) is 0 Å². The monoisotopic (exact) mass is 385 g/mol. The maximum absolute atomic E-state index is 11.6. The van der Waals surface area contributed by atoms with Gasteiger partial charge in [0.1, 0.15) is 18.9 Å². The number of ether oxygens (including phenoxy) is 2. The molecule has 8 heteroatoms. The highest BCUT2D eigenvalue weighted by Gasteiger charge is 2.15. The zero-order valence-electron chi connectivity index (χ0n) is 15.3. The minimum absolute atomic E-state index is 0. The number of rotatable bonds is 6. The zero-order valence-corrected chi connectivity index (χ0v) is 15.3. The number of hydrogen-bond donors (Lipinski definition) is 2. The van der Waals surface area contributed by atoms with Gasteiger partial charge in [0.05, 0.1) is 13.2 Å². The molecule has 1 aromatic carbocycles. The van der Waals surface area contributed by atoms with Gasteiger partial charge in [-0.25, -0.2) is 9.97 Å². The van der Waals surface area contributed by atoms with Gasteiger partial charge in [0, 0.05) is 31.0 Å². The number of esters is 1. The Morgan fingerprint density at radius 3 is 2.61 bits per heavy atom. The molecule has 0 unspecified atom stereocenters. The standard InChI is InChI=1S/C19H23N5O3.CH4/c1-13-14(12-27-18(25)9-17(20)21)3-2-4-16(13)15-10-22-19(23-11-15)24-5-7-26-8-6-24;/h2-4,10-11H,5-9,12H2,1H3,(H3,20,21);1H4. The summed E-state index contributed by atoms with van der Waals surface area (Å²) in [7, 11) is 0. The number of carbonyl (C=O) groups excluding carboxylic acids is 1. The Kier molecular flexibility index (Phi) is 7.45. The molecule has 28 heavy (non-hydrogen) atoms. The number of benzene rings is 1. The van der Waals surface area contributed by atoms with Crippen LogP contribution in [0.15, 0.2) is 30.6 Å². The van der Waals surface area contributed by atoms with Crippen molar-refractivity contribution in [3.63, 3.8) is 0 Å². The van der Waals surface area contributed by atoms with Crippen LogP contribution < -0.4 is 10.6 Å². The highest BCUT2D eigenvalue weighted by atomic mass is 16.5. The molecule has 1 aliphatic rings. The molecule has 0 spiro atoms. The lowest BCUT2D eigenvalue weighted by molar-refractivity contribution is -0.143. The first kappa shape index (κ1) is 21.3. The van der Waals surface area contributed by atoms with Crippen molar-refractivity contribution in [1.82, 2.24) is 9.97 Å². The van der Waals surface area contributed by atoms with Crippen LogP contribution in [0.3, 0.4) is 0 Å². The second-order valence-electron chi connectivity index (χ2n) is 6.32. The molecule has 0 aliphatic carbocycles. The van der Waals surface area contributed by atoms with Crippen LogP contribution in [-0.4, -0.2) is 48.1 Å². The number of nitrogens with one attached hydrogen (secondary N) is 1. The van der Waals surface area contributed by atoms with E-state index in [2.05, 4.69) is 14.9 Å². The van der Waals surface area contributed by atoms with Crippen molar-refractivity contribution in [3.8, 4) is 11.1 Å². The number of anilines is 1. The molecular formula is C20H27N5O3. The van der Waals surface area contributed by atoms with Crippen molar-refractivity contribution in [2.24, 2.45) is 5.73 Å². The van der Waals surface area contributed by atoms with Crippen molar-refractivity contribution in [3.05, 3.63) is 41.7 Å². The smallest absolute Gasteiger partial charge is 0.313 e. The molecule has 3 rings (SSSR count). The molecule has 0 radical (unpaired) electrons. The van der Waals surface area contributed by atoms with Gasteiger partial charge in [-0.15, -0.1) is 0 Å². The van der Waals surface area contributed by atoms with E-state index in [-0.39, 0.29) is 26.3 Å². The Bertz CT molecular complexity index is 817. The van der Waals surface area contributed by atoms with Crippen LogP contribution in [0.4, 0.5) is 5.95 Å². The van der Waals surface area contributed by atoms with Crippen molar-refractivity contribution in [2.45, 2.75) is 27.4 Å². The van der Waals surface area contributed by atoms with Crippen LogP contribution in [-0.2, 0) is 20.9 Å². The summed E-state index contributed by atoms with van der Waals surface area (Å²) in [6.07, 6.45) is 3.42. The molecule has 0 bridgehead atoms. The highest BCUT2D eigenvalue weighted by Crippen LogP contribution is 2.26. The summed E-state index contributed by atoms with van der Waals surface area (Å²) in [5, 5.41) is 7.14. The molecule has 0 saturated carbocycles. The number of nitrogens with zero attached hydrogens (tertiary/aromatic N) is 3. The van der Waals surface area contributed by atoms with Crippen LogP contribution in [0.2, 0.25) is 0 Å². The van der Waals surface area contributed by atoms with E-state index < -0.39 is 5.97 Å². The molecule has 2 heterocycles. The lowest BCUT2D eigenvalue weighted by atomic mass is 9.99. The summed E-state index contributed by atoms with van der Waals surface area (Å²) in [6.45, 7) is 5.07. The van der Waals surface area contributed by atoms with E-state index in [0.29, 0.717) is 19.2 Å². The molecule has 0 amide bonds. The maximum Gasteiger partial charge on any atom is 0.313 e. The zero-order chi connectivity index (χ0) is 19.2. The Balaban J connectivity index is 0.00000280. The van der Waals surface area contributed by atoms with Gasteiger partial charge in [-0.1, -0.05) is 25.6 Å². The van der Waals surface area contributed by atoms with Crippen molar-refractivity contribution >= 4 is 17.8 Å². The van der Waals surface area contributed by atoms with Gasteiger partial charge >= 0.3 is 5.97 Å². The largest absolute Gasteiger partial charge is 0.460 e. The summed E-state index contributed by atoms with van der Waals surface area (Å²) >= 11 is 0. The highest BCUT2D eigenvalue weighted by molar-refractivity contribution is 5.94. The molecular weight excluding hydrogens is 358 g/mol. The predicted octanol–water partition coefficient (Wildman–Crippen LogP) is 2.29. The first-order valence-electron chi connectivity index (χ1n) is 8.76. The molecule has 1 fully saturated rings. The van der Waals surface area contributed by atoms with E-state index in [1.807, 2.05) is 37.5 Å². The quantitative estimate of drug-likeness (QED) is 0.445. The summed E-state index contributed by atoms with van der Waals surface area (Å²) in [6, 6.07) is 5.80. The van der Waals surface area contributed by atoms with E-state index in [0.717, 1.165) is 35.3 Å². The molecule has 8 nitrogen and oxygen atoms in total. The second-order valence-corrected chi connectivity index (χ2v) is 6.32. The van der Waals surface area contributed by atoms with E-state index in [1.54, 1.807) is 0 Å². The Labute approximate surface area is 165 Å². The van der Waals surface area contributed by atoms with Gasteiger partial charge in [0.2, 0.25) is 5.95 Å². The summed E-state index contributed by atoms with van der Waals surface area (Å²) in [5.74, 6) is -0.0116. The van der Waals surface area contributed by atoms with Crippen molar-refractivity contribution in [1.29, 1.82) is 5.41 Å². The third-order valence-corrected chi connectivity index (χ3v) is 4.41. The average Bonchev–Trinajstić information content (AvgIpc) is 2.67. The summed E-state index contributed by atoms with van der Waals surface area (Å²) in [5.41, 5.74) is 9.00. The fraction of sp³-hybridized carbons (Fsp3) is 0.400. The van der Waals surface area contributed by atoms with Crippen LogP contribution in [0.1, 0.15) is 25.0 Å². The van der Waals surface area contributed by atoms with Crippen LogP contribution in [0.5, 0.6) is 0 Å². The minimum atomic E-state index is -0.509. The van der Waals surface area contributed by atoms with Crippen LogP contribution in [0, 0.1) is 12.3 Å². The average molecular weight is 385 g/mol. The molecule has 0 atom stereocenters. The minimum Gasteiger partial charge on any atom is -0.460 e. The lowest BCUT2D eigenvalue weighted by Gasteiger charge is -2.26. The van der Waals surface area contributed by atoms with Gasteiger partial charge in [-0.2, -0.15) is 0 Å². The molecule has 2 aromatic rings. The number of morpholine rings is 1. The van der Waals surface area contributed by atoms with Gasteiger partial charge < -0.3 is 20.1 Å². The Morgan fingerprint density at radius 1 is 1.29 bits per heavy atom. The lowest BCUT2D eigenvalue weighted by Crippen LogP contribution is -2.37. The molecule has 3 N–H and O–H groups in total.